The molecule has 1 aromatic heterocycles. The predicted molar refractivity (Wildman–Crippen MR) is 73.6 cm³/mol. The third kappa shape index (κ3) is 3.08. The van der Waals surface area contributed by atoms with Crippen molar-refractivity contribution in [1.82, 2.24) is 9.55 Å². The van der Waals surface area contributed by atoms with Crippen molar-refractivity contribution in [2.75, 3.05) is 0 Å². The minimum atomic E-state index is -0.508. The van der Waals surface area contributed by atoms with E-state index in [1.54, 1.807) is 6.92 Å². The number of nitrogens with zero attached hydrogens (tertiary/aromatic N) is 1. The lowest BCUT2D eigenvalue weighted by molar-refractivity contribution is 0.376. The monoisotopic (exact) mass is 266 g/mol. The van der Waals surface area contributed by atoms with Gasteiger partial charge in [0.1, 0.15) is 0 Å². The molecule has 0 atom stereocenters. The van der Waals surface area contributed by atoms with E-state index < -0.39 is 11.2 Å². The van der Waals surface area contributed by atoms with E-state index in [-0.39, 0.29) is 5.88 Å². The first-order chi connectivity index (χ1) is 9.13. The highest BCUT2D eigenvalue weighted by molar-refractivity contribution is 5.22. The van der Waals surface area contributed by atoms with E-state index >= 15 is 0 Å². The molecule has 0 amide bonds. The largest absolute Gasteiger partial charge is 0.494 e. The second kappa shape index (κ2) is 6.08. The average molecular weight is 266 g/mol. The molecule has 1 saturated carbocycles. The van der Waals surface area contributed by atoms with E-state index in [1.807, 2.05) is 0 Å². The van der Waals surface area contributed by atoms with E-state index in [0.717, 1.165) is 18.8 Å². The maximum Gasteiger partial charge on any atom is 0.331 e. The molecular formula is C14H22N2O3. The van der Waals surface area contributed by atoms with Gasteiger partial charge in [0, 0.05) is 6.54 Å². The fourth-order valence-electron chi connectivity index (χ4n) is 2.96. The Balaban J connectivity index is 2.07. The summed E-state index contributed by atoms with van der Waals surface area (Å²) in [4.78, 5) is 25.5. The molecule has 5 nitrogen and oxygen atoms in total. The number of aromatic amines is 1. The molecule has 0 aromatic carbocycles. The Bertz CT molecular complexity index is 539. The van der Waals surface area contributed by atoms with Crippen molar-refractivity contribution < 1.29 is 5.11 Å². The average Bonchev–Trinajstić information content (AvgIpc) is 2.86. The normalized spacial score (nSPS) is 16.1. The van der Waals surface area contributed by atoms with Crippen LogP contribution in [0.4, 0.5) is 0 Å². The zero-order chi connectivity index (χ0) is 13.8. The number of aromatic nitrogens is 2. The molecule has 1 aliphatic rings. The third-order valence-electron chi connectivity index (χ3n) is 4.09. The first-order valence-corrected chi connectivity index (χ1v) is 7.18. The number of H-pyrrole nitrogens is 1. The van der Waals surface area contributed by atoms with Crippen molar-refractivity contribution in [1.29, 1.82) is 0 Å². The highest BCUT2D eigenvalue weighted by Crippen LogP contribution is 2.28. The summed E-state index contributed by atoms with van der Waals surface area (Å²) in [7, 11) is 0. The van der Waals surface area contributed by atoms with Crippen molar-refractivity contribution in [3.8, 4) is 5.88 Å². The minimum absolute atomic E-state index is 0.164. The molecule has 0 unspecified atom stereocenters. The van der Waals surface area contributed by atoms with Gasteiger partial charge < -0.3 is 5.11 Å². The van der Waals surface area contributed by atoms with E-state index in [2.05, 4.69) is 4.98 Å². The van der Waals surface area contributed by atoms with Gasteiger partial charge in [0.2, 0.25) is 5.88 Å². The highest BCUT2D eigenvalue weighted by atomic mass is 16.3. The maximum atomic E-state index is 11.7. The van der Waals surface area contributed by atoms with Crippen LogP contribution in [0.1, 0.15) is 51.0 Å². The van der Waals surface area contributed by atoms with Crippen molar-refractivity contribution >= 4 is 0 Å². The Labute approximate surface area is 112 Å². The predicted octanol–water partition coefficient (Wildman–Crippen LogP) is 1.77. The van der Waals surface area contributed by atoms with Gasteiger partial charge in [0.05, 0.1) is 5.56 Å². The molecule has 106 valence electrons. The first kappa shape index (κ1) is 13.9. The standard InChI is InChI=1S/C14H22N2O3/c1-2-11-12(17)15-14(19)16(13(11)18)9-5-8-10-6-3-4-7-10/h10,18H,2-9H2,1H3,(H,15,17,19). The Morgan fingerprint density at radius 1 is 1.32 bits per heavy atom. The van der Waals surface area contributed by atoms with Crippen LogP contribution in [0.25, 0.3) is 0 Å². The van der Waals surface area contributed by atoms with Gasteiger partial charge in [-0.1, -0.05) is 32.6 Å². The highest BCUT2D eigenvalue weighted by Gasteiger charge is 2.16. The smallest absolute Gasteiger partial charge is 0.331 e. The van der Waals surface area contributed by atoms with Crippen LogP contribution in [0.5, 0.6) is 5.88 Å². The molecule has 0 bridgehead atoms. The zero-order valence-corrected chi connectivity index (χ0v) is 11.4. The molecule has 0 aliphatic heterocycles. The topological polar surface area (TPSA) is 75.1 Å². The molecule has 1 aromatic rings. The van der Waals surface area contributed by atoms with Gasteiger partial charge >= 0.3 is 5.69 Å². The van der Waals surface area contributed by atoms with Crippen LogP contribution >= 0.6 is 0 Å². The molecule has 2 N–H and O–H groups in total. The number of nitrogens with one attached hydrogen (secondary N) is 1. The fourth-order valence-corrected chi connectivity index (χ4v) is 2.96. The van der Waals surface area contributed by atoms with E-state index in [9.17, 15) is 14.7 Å². The van der Waals surface area contributed by atoms with Crippen molar-refractivity contribution in [2.24, 2.45) is 5.92 Å². The molecule has 5 heteroatoms. The van der Waals surface area contributed by atoms with E-state index in [0.29, 0.717) is 18.5 Å². The van der Waals surface area contributed by atoms with E-state index in [4.69, 9.17) is 0 Å². The van der Waals surface area contributed by atoms with Gasteiger partial charge in [-0.25, -0.2) is 4.79 Å². The summed E-state index contributed by atoms with van der Waals surface area (Å²) in [5.74, 6) is 0.605. The minimum Gasteiger partial charge on any atom is -0.494 e. The van der Waals surface area contributed by atoms with Crippen LogP contribution in [-0.2, 0) is 13.0 Å². The SMILES string of the molecule is CCc1c(O)n(CCCC2CCCC2)c(=O)[nH]c1=O. The Morgan fingerprint density at radius 2 is 2.00 bits per heavy atom. The van der Waals surface area contributed by atoms with Gasteiger partial charge in [-0.05, 0) is 25.2 Å². The molecule has 2 rings (SSSR count). The van der Waals surface area contributed by atoms with Gasteiger partial charge in [0.25, 0.3) is 5.56 Å². The van der Waals surface area contributed by atoms with E-state index in [1.165, 1.54) is 30.3 Å². The van der Waals surface area contributed by atoms with Gasteiger partial charge in [-0.2, -0.15) is 0 Å². The molecule has 1 aliphatic carbocycles. The number of aromatic hydroxyl groups is 1. The Kier molecular flexibility index (Phi) is 4.45. The van der Waals surface area contributed by atoms with Crippen LogP contribution in [0.15, 0.2) is 9.59 Å². The van der Waals surface area contributed by atoms with Crippen LogP contribution in [0.2, 0.25) is 0 Å². The summed E-state index contributed by atoms with van der Waals surface area (Å²) >= 11 is 0. The number of rotatable bonds is 5. The molecule has 1 heterocycles. The zero-order valence-electron chi connectivity index (χ0n) is 11.4. The molecule has 19 heavy (non-hydrogen) atoms. The third-order valence-corrected chi connectivity index (χ3v) is 4.09. The lowest BCUT2D eigenvalue weighted by Gasteiger charge is -2.12. The molecule has 0 spiro atoms. The summed E-state index contributed by atoms with van der Waals surface area (Å²) in [6.07, 6.45) is 7.58. The maximum absolute atomic E-state index is 11.7. The fraction of sp³-hybridized carbons (Fsp3) is 0.714. The lowest BCUT2D eigenvalue weighted by atomic mass is 10.0. The number of hydrogen-bond acceptors (Lipinski definition) is 3. The second-order valence-corrected chi connectivity index (χ2v) is 5.36. The van der Waals surface area contributed by atoms with Crippen LogP contribution in [-0.4, -0.2) is 14.7 Å². The van der Waals surface area contributed by atoms with Crippen molar-refractivity contribution in [3.63, 3.8) is 0 Å². The quantitative estimate of drug-likeness (QED) is 0.853. The van der Waals surface area contributed by atoms with Crippen LogP contribution < -0.4 is 11.2 Å². The first-order valence-electron chi connectivity index (χ1n) is 7.18. The lowest BCUT2D eigenvalue weighted by Crippen LogP contribution is -2.32. The van der Waals surface area contributed by atoms with Gasteiger partial charge in [-0.15, -0.1) is 0 Å². The van der Waals surface area contributed by atoms with Gasteiger partial charge in [0.15, 0.2) is 0 Å². The second-order valence-electron chi connectivity index (χ2n) is 5.36. The summed E-state index contributed by atoms with van der Waals surface area (Å²) < 4.78 is 1.29. The number of hydrogen-bond donors (Lipinski definition) is 2. The van der Waals surface area contributed by atoms with Crippen molar-refractivity contribution in [3.05, 3.63) is 26.4 Å². The summed E-state index contributed by atoms with van der Waals surface area (Å²) in [6, 6.07) is 0. The van der Waals surface area contributed by atoms with Gasteiger partial charge in [-0.3, -0.25) is 14.3 Å². The molecular weight excluding hydrogens is 244 g/mol. The summed E-state index contributed by atoms with van der Waals surface area (Å²) in [5.41, 5.74) is -0.691. The summed E-state index contributed by atoms with van der Waals surface area (Å²) in [5, 5.41) is 9.99. The summed E-state index contributed by atoms with van der Waals surface area (Å²) in [6.45, 7) is 2.27. The molecule has 0 radical (unpaired) electrons. The van der Waals surface area contributed by atoms with Crippen molar-refractivity contribution in [2.45, 2.75) is 58.4 Å². The molecule has 0 saturated heterocycles. The molecule has 1 fully saturated rings. The van der Waals surface area contributed by atoms with Crippen LogP contribution in [0.3, 0.4) is 0 Å². The van der Waals surface area contributed by atoms with Crippen LogP contribution in [0, 0.1) is 5.92 Å². The Hall–Kier alpha value is -1.52. The Morgan fingerprint density at radius 3 is 2.63 bits per heavy atom.